The first-order valence-electron chi connectivity index (χ1n) is 6.57. The first-order valence-corrected chi connectivity index (χ1v) is 7.83. The van der Waals surface area contributed by atoms with Crippen LogP contribution in [0.15, 0.2) is 42.0 Å². The first kappa shape index (κ1) is 15.4. The molecule has 3 aromatic rings. The highest BCUT2D eigenvalue weighted by Gasteiger charge is 2.12. The summed E-state index contributed by atoms with van der Waals surface area (Å²) in [5.41, 5.74) is 6.30. The van der Waals surface area contributed by atoms with E-state index in [9.17, 15) is 4.79 Å². The summed E-state index contributed by atoms with van der Waals surface area (Å²) in [5, 5.41) is 3.01. The fourth-order valence-corrected chi connectivity index (χ4v) is 2.77. The molecular formula is C15H11ClN4O2S. The predicted octanol–water partition coefficient (Wildman–Crippen LogP) is 2.93. The molecule has 0 atom stereocenters. The summed E-state index contributed by atoms with van der Waals surface area (Å²) in [5.74, 6) is 0.313. The molecule has 6 nitrogen and oxygen atoms in total. The molecule has 1 amide bonds. The second kappa shape index (κ2) is 6.72. The van der Waals surface area contributed by atoms with Crippen molar-refractivity contribution in [2.45, 2.75) is 6.61 Å². The van der Waals surface area contributed by atoms with Gasteiger partial charge >= 0.3 is 0 Å². The molecule has 8 heteroatoms. The Kier molecular flexibility index (Phi) is 4.50. The van der Waals surface area contributed by atoms with Gasteiger partial charge in [-0.15, -0.1) is 11.3 Å². The summed E-state index contributed by atoms with van der Waals surface area (Å²) >= 11 is 7.34. The minimum atomic E-state index is -0.576. The van der Waals surface area contributed by atoms with Gasteiger partial charge in [-0.25, -0.2) is 15.0 Å². The zero-order chi connectivity index (χ0) is 16.2. The van der Waals surface area contributed by atoms with E-state index in [4.69, 9.17) is 22.1 Å². The number of carbonyl (C=O) groups excluding carboxylic acids is 1. The lowest BCUT2D eigenvalue weighted by molar-refractivity contribution is 0.0996. The number of ether oxygens (including phenoxy) is 1. The molecule has 0 saturated carbocycles. The summed E-state index contributed by atoms with van der Waals surface area (Å²) in [6, 6.07) is 6.41. The number of nitrogens with zero attached hydrogens (tertiary/aromatic N) is 3. The normalized spacial score (nSPS) is 10.5. The number of aromatic nitrogens is 3. The summed E-state index contributed by atoms with van der Waals surface area (Å²) < 4.78 is 5.63. The molecule has 0 radical (unpaired) electrons. The van der Waals surface area contributed by atoms with Crippen molar-refractivity contribution in [1.29, 1.82) is 0 Å². The molecule has 0 bridgehead atoms. The highest BCUT2D eigenvalue weighted by Crippen LogP contribution is 2.25. The third-order valence-electron chi connectivity index (χ3n) is 2.89. The third kappa shape index (κ3) is 3.64. The first-order chi connectivity index (χ1) is 11.1. The van der Waals surface area contributed by atoms with Crippen LogP contribution < -0.4 is 10.5 Å². The van der Waals surface area contributed by atoms with Crippen LogP contribution >= 0.6 is 22.9 Å². The van der Waals surface area contributed by atoms with Crippen LogP contribution in [-0.2, 0) is 6.61 Å². The Morgan fingerprint density at radius 2 is 2.09 bits per heavy atom. The van der Waals surface area contributed by atoms with Crippen molar-refractivity contribution < 1.29 is 9.53 Å². The van der Waals surface area contributed by atoms with Gasteiger partial charge in [0.2, 0.25) is 0 Å². The number of carbonyl (C=O) groups is 1. The fraction of sp³-hybridized carbons (Fsp3) is 0.0667. The summed E-state index contributed by atoms with van der Waals surface area (Å²) in [7, 11) is 0. The Hall–Kier alpha value is -2.51. The van der Waals surface area contributed by atoms with E-state index in [1.54, 1.807) is 30.6 Å². The van der Waals surface area contributed by atoms with Gasteiger partial charge in [-0.1, -0.05) is 11.6 Å². The molecule has 23 heavy (non-hydrogen) atoms. The molecule has 2 N–H and O–H groups in total. The maximum Gasteiger partial charge on any atom is 0.252 e. The quantitative estimate of drug-likeness (QED) is 0.767. The van der Waals surface area contributed by atoms with Gasteiger partial charge < -0.3 is 10.5 Å². The van der Waals surface area contributed by atoms with Gasteiger partial charge in [0.25, 0.3) is 5.91 Å². The zero-order valence-corrected chi connectivity index (χ0v) is 13.3. The average molecular weight is 347 g/mol. The predicted molar refractivity (Wildman–Crippen MR) is 87.4 cm³/mol. The van der Waals surface area contributed by atoms with Crippen LogP contribution in [0.4, 0.5) is 0 Å². The molecule has 3 rings (SSSR count). The molecule has 0 saturated heterocycles. The van der Waals surface area contributed by atoms with Crippen LogP contribution in [0.5, 0.6) is 5.75 Å². The Bertz CT molecular complexity index is 839. The van der Waals surface area contributed by atoms with Crippen molar-refractivity contribution in [3.63, 3.8) is 0 Å². The van der Waals surface area contributed by atoms with Gasteiger partial charge in [-0.3, -0.25) is 4.79 Å². The number of rotatable bonds is 5. The minimum Gasteiger partial charge on any atom is -0.486 e. The monoisotopic (exact) mass is 346 g/mol. The number of primary amides is 1. The lowest BCUT2D eigenvalue weighted by Gasteiger charge is -2.08. The molecular weight excluding hydrogens is 336 g/mol. The van der Waals surface area contributed by atoms with E-state index >= 15 is 0 Å². The van der Waals surface area contributed by atoms with E-state index < -0.39 is 5.91 Å². The van der Waals surface area contributed by atoms with E-state index in [1.165, 1.54) is 17.4 Å². The highest BCUT2D eigenvalue weighted by atomic mass is 35.5. The van der Waals surface area contributed by atoms with E-state index in [0.717, 1.165) is 0 Å². The molecule has 2 aromatic heterocycles. The van der Waals surface area contributed by atoms with Crippen molar-refractivity contribution in [2.24, 2.45) is 5.73 Å². The van der Waals surface area contributed by atoms with Gasteiger partial charge in [-0.2, -0.15) is 0 Å². The van der Waals surface area contributed by atoms with Crippen molar-refractivity contribution >= 4 is 28.8 Å². The molecule has 2 heterocycles. The van der Waals surface area contributed by atoms with Crippen molar-refractivity contribution in [2.75, 3.05) is 0 Å². The average Bonchev–Trinajstić information content (AvgIpc) is 3.02. The van der Waals surface area contributed by atoms with Crippen LogP contribution in [0.2, 0.25) is 5.02 Å². The Labute approximate surface area is 140 Å². The number of hydrogen-bond donors (Lipinski definition) is 1. The molecule has 0 unspecified atom stereocenters. The molecule has 0 aliphatic heterocycles. The Morgan fingerprint density at radius 3 is 2.83 bits per heavy atom. The van der Waals surface area contributed by atoms with Crippen LogP contribution in [0.25, 0.3) is 10.8 Å². The summed E-state index contributed by atoms with van der Waals surface area (Å²) in [4.78, 5) is 24.1. The largest absolute Gasteiger partial charge is 0.486 e. The van der Waals surface area contributed by atoms with E-state index in [1.807, 2.05) is 5.38 Å². The number of amides is 1. The molecule has 116 valence electrons. The van der Waals surface area contributed by atoms with Crippen LogP contribution in [0.3, 0.4) is 0 Å². The van der Waals surface area contributed by atoms with Gasteiger partial charge in [0, 0.05) is 22.8 Å². The molecule has 1 aromatic carbocycles. The zero-order valence-electron chi connectivity index (χ0n) is 11.8. The molecule has 0 fully saturated rings. The highest BCUT2D eigenvalue weighted by molar-refractivity contribution is 7.13. The lowest BCUT2D eigenvalue weighted by Crippen LogP contribution is -2.13. The van der Waals surface area contributed by atoms with Crippen molar-refractivity contribution in [1.82, 2.24) is 15.0 Å². The third-order valence-corrected chi connectivity index (χ3v) is 4.02. The number of thiazole rings is 1. The fourth-order valence-electron chi connectivity index (χ4n) is 1.86. The van der Waals surface area contributed by atoms with Gasteiger partial charge in [0.15, 0.2) is 10.8 Å². The van der Waals surface area contributed by atoms with Gasteiger partial charge in [0.1, 0.15) is 12.4 Å². The van der Waals surface area contributed by atoms with E-state index in [2.05, 4.69) is 15.0 Å². The number of benzene rings is 1. The second-order valence-corrected chi connectivity index (χ2v) is 5.80. The second-order valence-electron chi connectivity index (χ2n) is 4.51. The van der Waals surface area contributed by atoms with Crippen LogP contribution in [-0.4, -0.2) is 20.9 Å². The molecule has 0 aliphatic carbocycles. The number of nitrogens with two attached hydrogens (primary N) is 1. The van der Waals surface area contributed by atoms with Crippen LogP contribution in [0, 0.1) is 0 Å². The SMILES string of the molecule is NC(=O)c1ccc(Cl)cc1OCc1csc(-c2ncccn2)n1. The Morgan fingerprint density at radius 1 is 1.30 bits per heavy atom. The van der Waals surface area contributed by atoms with Crippen molar-refractivity contribution in [3.05, 3.63) is 58.3 Å². The Balaban J connectivity index is 1.76. The summed E-state index contributed by atoms with van der Waals surface area (Å²) in [6.07, 6.45) is 3.32. The minimum absolute atomic E-state index is 0.184. The molecule has 0 spiro atoms. The maximum atomic E-state index is 11.4. The standard InChI is InChI=1S/C15H11ClN4O2S/c16-9-2-3-11(13(17)21)12(6-9)22-7-10-8-23-15(20-10)14-18-4-1-5-19-14/h1-6,8H,7H2,(H2,17,21). The van der Waals surface area contributed by atoms with E-state index in [0.29, 0.717) is 27.3 Å². The van der Waals surface area contributed by atoms with Gasteiger partial charge in [-0.05, 0) is 24.3 Å². The van der Waals surface area contributed by atoms with E-state index in [-0.39, 0.29) is 12.2 Å². The van der Waals surface area contributed by atoms with Crippen LogP contribution in [0.1, 0.15) is 16.1 Å². The smallest absolute Gasteiger partial charge is 0.252 e. The topological polar surface area (TPSA) is 91.0 Å². The summed E-state index contributed by atoms with van der Waals surface area (Å²) in [6.45, 7) is 0.184. The lowest BCUT2D eigenvalue weighted by atomic mass is 10.2. The van der Waals surface area contributed by atoms with Gasteiger partial charge in [0.05, 0.1) is 11.3 Å². The number of hydrogen-bond acceptors (Lipinski definition) is 6. The number of halogens is 1. The molecule has 0 aliphatic rings. The van der Waals surface area contributed by atoms with Crippen molar-refractivity contribution in [3.8, 4) is 16.6 Å². The maximum absolute atomic E-state index is 11.4.